The molecule has 3 aliphatic rings. The largest absolute Gasteiger partial charge is 0.467 e. The lowest BCUT2D eigenvalue weighted by Gasteiger charge is -2.23. The zero-order chi connectivity index (χ0) is 13.5. The van der Waals surface area contributed by atoms with Crippen LogP contribution in [0.4, 0.5) is 0 Å². The molecule has 0 spiro atoms. The average Bonchev–Trinajstić information content (AvgIpc) is 3.22. The molecule has 0 amide bonds. The number of rotatable bonds is 2. The van der Waals surface area contributed by atoms with Gasteiger partial charge >= 0.3 is 0 Å². The molecule has 0 aliphatic carbocycles. The van der Waals surface area contributed by atoms with Crippen LogP contribution in [0.3, 0.4) is 0 Å². The van der Waals surface area contributed by atoms with Gasteiger partial charge in [-0.3, -0.25) is 4.99 Å². The number of aliphatic imine (C=N–C) groups is 1. The van der Waals surface area contributed by atoms with E-state index in [2.05, 4.69) is 15.2 Å². The number of ether oxygens (including phenoxy) is 1. The van der Waals surface area contributed by atoms with Gasteiger partial charge in [0, 0.05) is 32.0 Å². The van der Waals surface area contributed by atoms with E-state index in [4.69, 9.17) is 9.15 Å². The van der Waals surface area contributed by atoms with Crippen molar-refractivity contribution in [2.24, 2.45) is 16.8 Å². The van der Waals surface area contributed by atoms with Gasteiger partial charge in [-0.25, -0.2) is 0 Å². The molecule has 4 rings (SSSR count). The third-order valence-electron chi connectivity index (χ3n) is 4.96. The van der Waals surface area contributed by atoms with Crippen LogP contribution in [-0.4, -0.2) is 43.2 Å². The van der Waals surface area contributed by atoms with Gasteiger partial charge in [-0.2, -0.15) is 0 Å². The third-order valence-corrected chi connectivity index (χ3v) is 4.96. The van der Waals surface area contributed by atoms with Crippen molar-refractivity contribution in [1.29, 1.82) is 0 Å². The Kier molecular flexibility index (Phi) is 4.44. The van der Waals surface area contributed by atoms with E-state index >= 15 is 0 Å². The summed E-state index contributed by atoms with van der Waals surface area (Å²) in [5.74, 6) is 3.33. The van der Waals surface area contributed by atoms with Crippen molar-refractivity contribution in [3.8, 4) is 0 Å². The first-order valence-corrected chi connectivity index (χ1v) is 7.48. The van der Waals surface area contributed by atoms with Crippen LogP contribution in [0, 0.1) is 11.8 Å². The first kappa shape index (κ1) is 15.1. The lowest BCUT2D eigenvalue weighted by molar-refractivity contribution is 0.0767. The van der Waals surface area contributed by atoms with E-state index in [0.29, 0.717) is 30.6 Å². The normalized spacial score (nSPS) is 34.0. The molecule has 3 aliphatic heterocycles. The predicted octanol–water partition coefficient (Wildman–Crippen LogP) is 2.08. The second-order valence-electron chi connectivity index (χ2n) is 6.00. The highest BCUT2D eigenvalue weighted by Crippen LogP contribution is 2.47. The van der Waals surface area contributed by atoms with Crippen LogP contribution in [0.5, 0.6) is 0 Å². The number of nitrogens with one attached hydrogen (secondary N) is 1. The Balaban J connectivity index is 0.00000132. The molecule has 1 aromatic rings. The summed E-state index contributed by atoms with van der Waals surface area (Å²) in [6.07, 6.45) is 5.20. The molecular weight excluding hydrogens is 381 g/mol. The molecule has 4 unspecified atom stereocenters. The second kappa shape index (κ2) is 6.16. The molecule has 1 N–H and O–H groups in total. The molecule has 2 bridgehead atoms. The maximum absolute atomic E-state index is 6.02. The van der Waals surface area contributed by atoms with Gasteiger partial charge in [0.25, 0.3) is 0 Å². The molecule has 5 nitrogen and oxygen atoms in total. The van der Waals surface area contributed by atoms with Crippen molar-refractivity contribution in [3.63, 3.8) is 0 Å². The van der Waals surface area contributed by atoms with Crippen molar-refractivity contribution in [1.82, 2.24) is 10.2 Å². The van der Waals surface area contributed by atoms with Crippen molar-refractivity contribution in [3.05, 3.63) is 24.2 Å². The second-order valence-corrected chi connectivity index (χ2v) is 6.00. The molecule has 1 aromatic heterocycles. The van der Waals surface area contributed by atoms with Gasteiger partial charge < -0.3 is 19.4 Å². The summed E-state index contributed by atoms with van der Waals surface area (Å²) in [6.45, 7) is 2.84. The van der Waals surface area contributed by atoms with Crippen LogP contribution < -0.4 is 5.32 Å². The lowest BCUT2D eigenvalue weighted by atomic mass is 9.82. The maximum Gasteiger partial charge on any atom is 0.194 e. The number of fused-ring (bicyclic) bond motifs is 5. The molecule has 0 radical (unpaired) electrons. The summed E-state index contributed by atoms with van der Waals surface area (Å²) >= 11 is 0. The van der Waals surface area contributed by atoms with Crippen molar-refractivity contribution >= 4 is 29.9 Å². The van der Waals surface area contributed by atoms with Crippen LogP contribution >= 0.6 is 24.0 Å². The lowest BCUT2D eigenvalue weighted by Crippen LogP contribution is -2.40. The molecule has 21 heavy (non-hydrogen) atoms. The number of halogens is 1. The van der Waals surface area contributed by atoms with Gasteiger partial charge in [-0.15, -0.1) is 24.0 Å². The Hall–Kier alpha value is -0.760. The van der Waals surface area contributed by atoms with Crippen molar-refractivity contribution in [2.45, 2.75) is 31.6 Å². The highest BCUT2D eigenvalue weighted by Gasteiger charge is 2.53. The van der Waals surface area contributed by atoms with Gasteiger partial charge in [0.2, 0.25) is 0 Å². The quantitative estimate of drug-likeness (QED) is 0.467. The Morgan fingerprint density at radius 1 is 1.33 bits per heavy atom. The molecule has 4 heterocycles. The fourth-order valence-electron chi connectivity index (χ4n) is 4.04. The topological polar surface area (TPSA) is 50.0 Å². The molecule has 3 saturated heterocycles. The number of guanidine groups is 1. The first-order chi connectivity index (χ1) is 9.85. The van der Waals surface area contributed by atoms with Crippen LogP contribution in [0.2, 0.25) is 0 Å². The monoisotopic (exact) mass is 403 g/mol. The molecule has 4 atom stereocenters. The van der Waals surface area contributed by atoms with Crippen molar-refractivity contribution in [2.75, 3.05) is 20.1 Å². The van der Waals surface area contributed by atoms with Crippen LogP contribution in [-0.2, 0) is 11.3 Å². The van der Waals surface area contributed by atoms with E-state index in [1.165, 1.54) is 12.8 Å². The van der Waals surface area contributed by atoms with Gasteiger partial charge in [0.05, 0.1) is 25.0 Å². The van der Waals surface area contributed by atoms with E-state index in [0.717, 1.165) is 24.8 Å². The molecule has 116 valence electrons. The third kappa shape index (κ3) is 2.67. The van der Waals surface area contributed by atoms with Gasteiger partial charge in [0.15, 0.2) is 5.96 Å². The zero-order valence-corrected chi connectivity index (χ0v) is 14.5. The van der Waals surface area contributed by atoms with Gasteiger partial charge in [-0.05, 0) is 25.0 Å². The molecule has 3 fully saturated rings. The van der Waals surface area contributed by atoms with E-state index in [1.807, 2.05) is 19.2 Å². The predicted molar refractivity (Wildman–Crippen MR) is 90.8 cm³/mol. The molecule has 6 heteroatoms. The highest BCUT2D eigenvalue weighted by molar-refractivity contribution is 14.0. The van der Waals surface area contributed by atoms with E-state index in [9.17, 15) is 0 Å². The Morgan fingerprint density at radius 3 is 2.62 bits per heavy atom. The summed E-state index contributed by atoms with van der Waals surface area (Å²) in [7, 11) is 1.85. The van der Waals surface area contributed by atoms with Crippen molar-refractivity contribution < 1.29 is 9.15 Å². The maximum atomic E-state index is 6.02. The molecular formula is C15H22IN3O2. The Morgan fingerprint density at radius 2 is 2.05 bits per heavy atom. The summed E-state index contributed by atoms with van der Waals surface area (Å²) < 4.78 is 11.4. The highest BCUT2D eigenvalue weighted by atomic mass is 127. The Bertz CT molecular complexity index is 487. The van der Waals surface area contributed by atoms with Crippen LogP contribution in [0.15, 0.2) is 27.8 Å². The van der Waals surface area contributed by atoms with E-state index in [1.54, 1.807) is 6.26 Å². The number of nitrogens with zero attached hydrogens (tertiary/aromatic N) is 2. The minimum atomic E-state index is 0. The van der Waals surface area contributed by atoms with Crippen LogP contribution in [0.1, 0.15) is 18.6 Å². The fraction of sp³-hybridized carbons (Fsp3) is 0.667. The number of hydrogen-bond acceptors (Lipinski definition) is 3. The average molecular weight is 403 g/mol. The fourth-order valence-corrected chi connectivity index (χ4v) is 4.04. The smallest absolute Gasteiger partial charge is 0.194 e. The van der Waals surface area contributed by atoms with E-state index < -0.39 is 0 Å². The SMILES string of the molecule is CN=C(NCc1ccco1)N1CC2C3CCC(O3)C2C1.I. The standard InChI is InChI=1S/C15H21N3O2.HI/c1-16-15(17-7-10-3-2-6-19-10)18-8-11-12(9-18)14-5-4-13(11)20-14;/h2-3,6,11-14H,4-5,7-9H2,1H3,(H,16,17);1H. The van der Waals surface area contributed by atoms with E-state index in [-0.39, 0.29) is 24.0 Å². The number of furan rings is 1. The zero-order valence-electron chi connectivity index (χ0n) is 12.2. The molecule has 0 saturated carbocycles. The number of likely N-dealkylation sites (tertiary alicyclic amines) is 1. The summed E-state index contributed by atoms with van der Waals surface area (Å²) in [4.78, 5) is 6.80. The van der Waals surface area contributed by atoms with Gasteiger partial charge in [0.1, 0.15) is 5.76 Å². The molecule has 0 aromatic carbocycles. The number of hydrogen-bond donors (Lipinski definition) is 1. The van der Waals surface area contributed by atoms with Gasteiger partial charge in [-0.1, -0.05) is 0 Å². The summed E-state index contributed by atoms with van der Waals surface area (Å²) in [6, 6.07) is 3.89. The minimum Gasteiger partial charge on any atom is -0.467 e. The summed E-state index contributed by atoms with van der Waals surface area (Å²) in [5.41, 5.74) is 0. The summed E-state index contributed by atoms with van der Waals surface area (Å²) in [5, 5.41) is 3.39. The van der Waals surface area contributed by atoms with Crippen LogP contribution in [0.25, 0.3) is 0 Å². The minimum absolute atomic E-state index is 0. The Labute approximate surface area is 142 Å². The first-order valence-electron chi connectivity index (χ1n) is 7.48.